The van der Waals surface area contributed by atoms with Gasteiger partial charge >= 0.3 is 0 Å². The van der Waals surface area contributed by atoms with E-state index in [0.29, 0.717) is 10.6 Å². The molecule has 3 N–H and O–H groups in total. The van der Waals surface area contributed by atoms with Crippen LogP contribution < -0.4 is 11.1 Å². The van der Waals surface area contributed by atoms with Gasteiger partial charge in [-0.2, -0.15) is 0 Å². The lowest BCUT2D eigenvalue weighted by atomic mass is 10.3. The van der Waals surface area contributed by atoms with E-state index in [1.807, 2.05) is 6.92 Å². The van der Waals surface area contributed by atoms with Crippen LogP contribution in [0.25, 0.3) is 0 Å². The van der Waals surface area contributed by atoms with E-state index in [2.05, 4.69) is 5.32 Å². The average molecular weight is 233 g/mol. The highest BCUT2D eigenvalue weighted by Crippen LogP contribution is 2.26. The summed E-state index contributed by atoms with van der Waals surface area (Å²) >= 11 is 6.61. The average Bonchev–Trinajstić information content (AvgIpc) is 2.46. The van der Waals surface area contributed by atoms with Crippen molar-refractivity contribution in [2.24, 2.45) is 5.73 Å². The van der Waals surface area contributed by atoms with Crippen molar-refractivity contribution in [2.45, 2.75) is 6.92 Å². The lowest BCUT2D eigenvalue weighted by molar-refractivity contribution is -0.113. The van der Waals surface area contributed by atoms with Crippen LogP contribution >= 0.6 is 22.9 Å². The largest absolute Gasteiger partial charge is 0.366 e. The van der Waals surface area contributed by atoms with Crippen molar-refractivity contribution in [3.8, 4) is 0 Å². The summed E-state index contributed by atoms with van der Waals surface area (Å²) in [6.45, 7) is 1.83. The van der Waals surface area contributed by atoms with Gasteiger partial charge in [0.1, 0.15) is 10.9 Å². The van der Waals surface area contributed by atoms with Crippen LogP contribution in [0.4, 0.5) is 5.00 Å². The Morgan fingerprint density at radius 1 is 1.64 bits per heavy atom. The molecule has 0 unspecified atom stereocenters. The molecule has 1 heterocycles. The van der Waals surface area contributed by atoms with E-state index in [0.717, 1.165) is 4.88 Å². The maximum atomic E-state index is 11.0. The first kappa shape index (κ1) is 11.0. The summed E-state index contributed by atoms with van der Waals surface area (Å²) in [5, 5.41) is 2.97. The molecule has 76 valence electrons. The molecule has 1 aromatic heterocycles. The molecular weight excluding hydrogens is 224 g/mol. The first-order valence-electron chi connectivity index (χ1n) is 3.80. The van der Waals surface area contributed by atoms with Gasteiger partial charge in [-0.3, -0.25) is 9.59 Å². The molecular formula is C8H9ClN2O2S. The maximum absolute atomic E-state index is 11.0. The summed E-state index contributed by atoms with van der Waals surface area (Å²) in [6.07, 6.45) is 0. The molecule has 0 aliphatic rings. The predicted molar refractivity (Wildman–Crippen MR) is 56.9 cm³/mol. The first-order valence-corrected chi connectivity index (χ1v) is 5.15. The van der Waals surface area contributed by atoms with Crippen LogP contribution in [-0.4, -0.2) is 17.7 Å². The number of alkyl halides is 1. The topological polar surface area (TPSA) is 72.2 Å². The van der Waals surface area contributed by atoms with E-state index in [9.17, 15) is 9.59 Å². The molecule has 2 amide bonds. The maximum Gasteiger partial charge on any atom is 0.251 e. The Morgan fingerprint density at radius 3 is 2.79 bits per heavy atom. The smallest absolute Gasteiger partial charge is 0.251 e. The van der Waals surface area contributed by atoms with Gasteiger partial charge in [-0.15, -0.1) is 22.9 Å². The molecule has 0 saturated carbocycles. The fourth-order valence-electron chi connectivity index (χ4n) is 0.950. The zero-order valence-corrected chi connectivity index (χ0v) is 9.04. The van der Waals surface area contributed by atoms with Crippen LogP contribution in [-0.2, 0) is 4.79 Å². The van der Waals surface area contributed by atoms with Crippen LogP contribution in [0.5, 0.6) is 0 Å². The van der Waals surface area contributed by atoms with Crippen LogP contribution in [0.3, 0.4) is 0 Å². The number of primary amides is 1. The molecule has 0 fully saturated rings. The predicted octanol–water partition coefficient (Wildman–Crippen LogP) is 1.33. The molecule has 0 aliphatic carbocycles. The van der Waals surface area contributed by atoms with Crippen LogP contribution in [0.15, 0.2) is 6.07 Å². The van der Waals surface area contributed by atoms with E-state index < -0.39 is 5.91 Å². The van der Waals surface area contributed by atoms with E-state index >= 15 is 0 Å². The molecule has 0 atom stereocenters. The molecule has 0 aliphatic heterocycles. The second-order valence-corrected chi connectivity index (χ2v) is 4.17. The normalized spacial score (nSPS) is 9.86. The van der Waals surface area contributed by atoms with E-state index in [-0.39, 0.29) is 11.8 Å². The SMILES string of the molecule is Cc1cc(C(N)=O)c(NC(=O)CCl)s1. The fraction of sp³-hybridized carbons (Fsp3) is 0.250. The number of hydrogen-bond acceptors (Lipinski definition) is 3. The highest BCUT2D eigenvalue weighted by atomic mass is 35.5. The molecule has 0 aromatic carbocycles. The third kappa shape index (κ3) is 2.46. The third-order valence-electron chi connectivity index (χ3n) is 1.50. The number of halogens is 1. The number of carbonyl (C=O) groups excluding carboxylic acids is 2. The van der Waals surface area contributed by atoms with Crippen molar-refractivity contribution in [1.82, 2.24) is 0 Å². The Labute approximate surface area is 90.0 Å². The quantitative estimate of drug-likeness (QED) is 0.772. The van der Waals surface area contributed by atoms with Crippen molar-refractivity contribution < 1.29 is 9.59 Å². The van der Waals surface area contributed by atoms with Gasteiger partial charge in [0.25, 0.3) is 5.91 Å². The van der Waals surface area contributed by atoms with Crippen LogP contribution in [0.1, 0.15) is 15.2 Å². The number of carbonyl (C=O) groups is 2. The van der Waals surface area contributed by atoms with Gasteiger partial charge in [0.15, 0.2) is 0 Å². The van der Waals surface area contributed by atoms with E-state index in [1.54, 1.807) is 6.07 Å². The lowest BCUT2D eigenvalue weighted by Gasteiger charge is -2.00. The molecule has 0 bridgehead atoms. The molecule has 6 heteroatoms. The second-order valence-electron chi connectivity index (χ2n) is 2.65. The Kier molecular flexibility index (Phi) is 3.49. The Hall–Kier alpha value is -1.07. The number of aryl methyl sites for hydroxylation is 1. The number of thiophene rings is 1. The summed E-state index contributed by atoms with van der Waals surface area (Å²) in [5.41, 5.74) is 5.45. The second kappa shape index (κ2) is 4.43. The van der Waals surface area contributed by atoms with Crippen molar-refractivity contribution in [2.75, 3.05) is 11.2 Å². The number of nitrogens with two attached hydrogens (primary N) is 1. The zero-order chi connectivity index (χ0) is 10.7. The minimum absolute atomic E-state index is 0.144. The number of amides is 2. The van der Waals surface area contributed by atoms with Gasteiger partial charge in [0, 0.05) is 4.88 Å². The zero-order valence-electron chi connectivity index (χ0n) is 7.46. The number of rotatable bonds is 3. The van der Waals surface area contributed by atoms with Crippen molar-refractivity contribution >= 4 is 39.8 Å². The molecule has 1 rings (SSSR count). The third-order valence-corrected chi connectivity index (χ3v) is 2.70. The minimum Gasteiger partial charge on any atom is -0.366 e. The number of nitrogens with one attached hydrogen (secondary N) is 1. The molecule has 4 nitrogen and oxygen atoms in total. The Morgan fingerprint density at radius 2 is 2.29 bits per heavy atom. The fourth-order valence-corrected chi connectivity index (χ4v) is 1.95. The minimum atomic E-state index is -0.556. The monoisotopic (exact) mass is 232 g/mol. The Balaban J connectivity index is 2.95. The van der Waals surface area contributed by atoms with Gasteiger partial charge in [-0.05, 0) is 13.0 Å². The molecule has 0 spiro atoms. The van der Waals surface area contributed by atoms with Gasteiger partial charge in [-0.25, -0.2) is 0 Å². The molecule has 1 aromatic rings. The standard InChI is InChI=1S/C8H9ClN2O2S/c1-4-2-5(7(10)13)8(14-4)11-6(12)3-9/h2H,3H2,1H3,(H2,10,13)(H,11,12). The highest BCUT2D eigenvalue weighted by molar-refractivity contribution is 7.16. The highest BCUT2D eigenvalue weighted by Gasteiger charge is 2.13. The van der Waals surface area contributed by atoms with Gasteiger partial charge in [0.05, 0.1) is 5.56 Å². The molecule has 0 radical (unpaired) electrons. The number of hydrogen-bond donors (Lipinski definition) is 2. The summed E-state index contributed by atoms with van der Waals surface area (Å²) in [7, 11) is 0. The summed E-state index contributed by atoms with van der Waals surface area (Å²) in [5.74, 6) is -1.05. The van der Waals surface area contributed by atoms with Crippen LogP contribution in [0.2, 0.25) is 0 Å². The van der Waals surface area contributed by atoms with E-state index in [1.165, 1.54) is 11.3 Å². The van der Waals surface area contributed by atoms with E-state index in [4.69, 9.17) is 17.3 Å². The van der Waals surface area contributed by atoms with Crippen molar-refractivity contribution in [3.63, 3.8) is 0 Å². The number of anilines is 1. The molecule has 14 heavy (non-hydrogen) atoms. The first-order chi connectivity index (χ1) is 6.54. The summed E-state index contributed by atoms with van der Waals surface area (Å²) in [6, 6.07) is 1.64. The van der Waals surface area contributed by atoms with Crippen molar-refractivity contribution in [1.29, 1.82) is 0 Å². The van der Waals surface area contributed by atoms with Gasteiger partial charge in [-0.1, -0.05) is 0 Å². The van der Waals surface area contributed by atoms with Crippen LogP contribution in [0, 0.1) is 6.92 Å². The van der Waals surface area contributed by atoms with Gasteiger partial charge < -0.3 is 11.1 Å². The Bertz CT molecular complexity index is 375. The summed E-state index contributed by atoms with van der Waals surface area (Å²) < 4.78 is 0. The lowest BCUT2D eigenvalue weighted by Crippen LogP contribution is -2.16. The van der Waals surface area contributed by atoms with Gasteiger partial charge in [0.2, 0.25) is 5.91 Å². The summed E-state index contributed by atoms with van der Waals surface area (Å²) in [4.78, 5) is 22.8. The van der Waals surface area contributed by atoms with Crippen molar-refractivity contribution in [3.05, 3.63) is 16.5 Å². The molecule has 0 saturated heterocycles.